The number of nitrogens with zero attached hydrogens (tertiary/aromatic N) is 4. The third kappa shape index (κ3) is 3.31. The summed E-state index contributed by atoms with van der Waals surface area (Å²) in [5.74, 6) is 0. The van der Waals surface area contributed by atoms with Crippen LogP contribution < -0.4 is 5.73 Å². The lowest BCUT2D eigenvalue weighted by atomic mass is 9.93. The van der Waals surface area contributed by atoms with E-state index in [1.165, 1.54) is 0 Å². The third-order valence-corrected chi connectivity index (χ3v) is 4.60. The van der Waals surface area contributed by atoms with Crippen molar-refractivity contribution < 1.29 is 9.53 Å². The molecule has 2 unspecified atom stereocenters. The van der Waals surface area contributed by atoms with E-state index < -0.39 is 6.09 Å². The summed E-state index contributed by atoms with van der Waals surface area (Å²) in [5.41, 5.74) is 8.59. The maximum atomic E-state index is 11.0. The smallest absolute Gasteiger partial charge is 0.404 e. The Kier molecular flexibility index (Phi) is 4.05. The first-order valence-electron chi connectivity index (χ1n) is 8.41. The van der Waals surface area contributed by atoms with Gasteiger partial charge in [-0.1, -0.05) is 12.1 Å². The average Bonchev–Trinajstić information content (AvgIpc) is 3.11. The molecule has 1 fully saturated rings. The largest absolute Gasteiger partial charge is 0.446 e. The van der Waals surface area contributed by atoms with E-state index in [9.17, 15) is 4.79 Å². The van der Waals surface area contributed by atoms with Crippen molar-refractivity contribution in [3.05, 3.63) is 42.9 Å². The normalized spacial score (nSPS) is 20.5. The Morgan fingerprint density at radius 1 is 1.20 bits per heavy atom. The second-order valence-corrected chi connectivity index (χ2v) is 6.33. The molecule has 2 N–H and O–H groups in total. The van der Waals surface area contributed by atoms with Crippen LogP contribution in [0.3, 0.4) is 0 Å². The van der Waals surface area contributed by atoms with E-state index in [-0.39, 0.29) is 12.1 Å². The van der Waals surface area contributed by atoms with Crippen molar-refractivity contribution in [1.29, 1.82) is 0 Å². The number of carbonyl (C=O) groups is 1. The van der Waals surface area contributed by atoms with Crippen molar-refractivity contribution in [2.24, 2.45) is 5.73 Å². The van der Waals surface area contributed by atoms with Crippen molar-refractivity contribution in [2.75, 3.05) is 0 Å². The molecule has 0 aliphatic heterocycles. The number of amides is 1. The van der Waals surface area contributed by atoms with Gasteiger partial charge in [0.1, 0.15) is 6.10 Å². The van der Waals surface area contributed by atoms with Gasteiger partial charge in [-0.25, -0.2) is 9.78 Å². The van der Waals surface area contributed by atoms with Gasteiger partial charge in [0.2, 0.25) is 0 Å². The zero-order valence-corrected chi connectivity index (χ0v) is 13.7. The van der Waals surface area contributed by atoms with Crippen molar-refractivity contribution in [3.63, 3.8) is 0 Å². The molecule has 2 heterocycles. The van der Waals surface area contributed by atoms with Gasteiger partial charge in [0.15, 0.2) is 0 Å². The van der Waals surface area contributed by atoms with Crippen LogP contribution in [0.25, 0.3) is 22.3 Å². The molecule has 0 spiro atoms. The highest BCUT2D eigenvalue weighted by Crippen LogP contribution is 2.31. The minimum absolute atomic E-state index is 0.135. The number of nitrogens with two attached hydrogens (primary N) is 1. The molecule has 2 aromatic heterocycles. The number of rotatable bonds is 3. The quantitative estimate of drug-likeness (QED) is 0.792. The van der Waals surface area contributed by atoms with E-state index in [2.05, 4.69) is 15.1 Å². The van der Waals surface area contributed by atoms with Crippen LogP contribution in [0.5, 0.6) is 0 Å². The molecule has 1 aromatic carbocycles. The van der Waals surface area contributed by atoms with Gasteiger partial charge in [0, 0.05) is 18.2 Å². The number of hydrogen-bond donors (Lipinski definition) is 1. The maximum absolute atomic E-state index is 11.0. The van der Waals surface area contributed by atoms with Crippen LogP contribution in [0.1, 0.15) is 31.7 Å². The van der Waals surface area contributed by atoms with E-state index >= 15 is 0 Å². The number of fused-ring (bicyclic) bond motifs is 1. The highest BCUT2D eigenvalue weighted by molar-refractivity contribution is 5.76. The zero-order valence-electron chi connectivity index (χ0n) is 13.7. The summed E-state index contributed by atoms with van der Waals surface area (Å²) in [7, 11) is 0. The molecule has 1 amide bonds. The van der Waals surface area contributed by atoms with Crippen LogP contribution in [0, 0.1) is 0 Å². The number of hydrogen-bond acceptors (Lipinski definition) is 5. The minimum atomic E-state index is -0.710. The predicted molar refractivity (Wildman–Crippen MR) is 92.7 cm³/mol. The second-order valence-electron chi connectivity index (χ2n) is 6.33. The van der Waals surface area contributed by atoms with Crippen LogP contribution >= 0.6 is 0 Å². The fraction of sp³-hybridized carbons (Fsp3) is 0.333. The summed E-state index contributed by atoms with van der Waals surface area (Å²) in [6.07, 6.45) is 8.27. The van der Waals surface area contributed by atoms with Crippen molar-refractivity contribution >= 4 is 17.1 Å². The van der Waals surface area contributed by atoms with E-state index in [1.54, 1.807) is 12.4 Å². The van der Waals surface area contributed by atoms with Gasteiger partial charge in [-0.15, -0.1) is 0 Å². The van der Waals surface area contributed by atoms with Gasteiger partial charge in [-0.05, 0) is 31.4 Å². The van der Waals surface area contributed by atoms with Crippen LogP contribution in [0.15, 0.2) is 42.9 Å². The van der Waals surface area contributed by atoms with Gasteiger partial charge in [0.25, 0.3) is 0 Å². The monoisotopic (exact) mass is 337 g/mol. The summed E-state index contributed by atoms with van der Waals surface area (Å²) >= 11 is 0. The second kappa shape index (κ2) is 6.51. The van der Waals surface area contributed by atoms with Crippen molar-refractivity contribution in [2.45, 2.75) is 37.8 Å². The lowest BCUT2D eigenvalue weighted by molar-refractivity contribution is 0.0659. The van der Waals surface area contributed by atoms with E-state index in [4.69, 9.17) is 10.5 Å². The molecule has 0 radical (unpaired) electrons. The highest BCUT2D eigenvalue weighted by atomic mass is 16.6. The number of ether oxygens (including phenoxy) is 1. The Balaban J connectivity index is 1.55. The SMILES string of the molecule is NC(=O)OC1CCCC(n2cc(-c3cnc4ccccc4n3)cn2)C1. The molecule has 2 atom stereocenters. The van der Waals surface area contributed by atoms with Crippen molar-refractivity contribution in [1.82, 2.24) is 19.7 Å². The Morgan fingerprint density at radius 3 is 2.88 bits per heavy atom. The standard InChI is InChI=1S/C18H19N5O2/c19-18(24)25-14-5-3-4-13(8-14)23-11-12(9-21-23)17-10-20-15-6-1-2-7-16(15)22-17/h1-2,6-7,9-11,13-14H,3-5,8H2,(H2,19,24). The molecule has 3 aromatic rings. The van der Waals surface area contributed by atoms with Gasteiger partial charge in [-0.3, -0.25) is 9.67 Å². The molecule has 1 aliphatic rings. The third-order valence-electron chi connectivity index (χ3n) is 4.60. The van der Waals surface area contributed by atoms with E-state index in [0.717, 1.165) is 48.0 Å². The number of aromatic nitrogens is 4. The van der Waals surface area contributed by atoms with Crippen LogP contribution in [-0.4, -0.2) is 31.9 Å². The number of benzene rings is 1. The molecular weight excluding hydrogens is 318 g/mol. The summed E-state index contributed by atoms with van der Waals surface area (Å²) in [6, 6.07) is 7.98. The first kappa shape index (κ1) is 15.6. The topological polar surface area (TPSA) is 95.9 Å². The lowest BCUT2D eigenvalue weighted by Crippen LogP contribution is -2.29. The highest BCUT2D eigenvalue weighted by Gasteiger charge is 2.26. The van der Waals surface area contributed by atoms with Gasteiger partial charge in [0.05, 0.1) is 35.2 Å². The molecule has 0 bridgehead atoms. The fourth-order valence-corrected chi connectivity index (χ4v) is 3.40. The number of primary amides is 1. The van der Waals surface area contributed by atoms with Crippen LogP contribution in [0.2, 0.25) is 0 Å². The predicted octanol–water partition coefficient (Wildman–Crippen LogP) is 3.07. The number of para-hydroxylation sites is 2. The van der Waals surface area contributed by atoms with Crippen LogP contribution in [0.4, 0.5) is 4.79 Å². The molecule has 25 heavy (non-hydrogen) atoms. The molecule has 1 saturated carbocycles. The molecule has 128 valence electrons. The van der Waals surface area contributed by atoms with Crippen molar-refractivity contribution in [3.8, 4) is 11.3 Å². The summed E-state index contributed by atoms with van der Waals surface area (Å²) in [5, 5.41) is 4.49. The summed E-state index contributed by atoms with van der Waals surface area (Å²) in [6.45, 7) is 0. The molecule has 7 nitrogen and oxygen atoms in total. The van der Waals surface area contributed by atoms with E-state index in [1.807, 2.05) is 35.1 Å². The van der Waals surface area contributed by atoms with Gasteiger partial charge < -0.3 is 10.5 Å². The first-order chi connectivity index (χ1) is 12.2. The zero-order chi connectivity index (χ0) is 17.2. The first-order valence-corrected chi connectivity index (χ1v) is 8.41. The molecular formula is C18H19N5O2. The average molecular weight is 337 g/mol. The Hall–Kier alpha value is -2.96. The Labute approximate surface area is 144 Å². The van der Waals surface area contributed by atoms with E-state index in [0.29, 0.717) is 0 Å². The summed E-state index contributed by atoms with van der Waals surface area (Å²) in [4.78, 5) is 20.1. The lowest BCUT2D eigenvalue weighted by Gasteiger charge is -2.28. The Bertz CT molecular complexity index is 907. The maximum Gasteiger partial charge on any atom is 0.404 e. The van der Waals surface area contributed by atoms with Gasteiger partial charge in [-0.2, -0.15) is 5.10 Å². The molecule has 7 heteroatoms. The molecule has 1 aliphatic carbocycles. The summed E-state index contributed by atoms with van der Waals surface area (Å²) < 4.78 is 7.09. The van der Waals surface area contributed by atoms with Crippen LogP contribution in [-0.2, 0) is 4.74 Å². The minimum Gasteiger partial charge on any atom is -0.446 e. The number of carbonyl (C=O) groups excluding carboxylic acids is 1. The Morgan fingerprint density at radius 2 is 2.04 bits per heavy atom. The molecule has 4 rings (SSSR count). The van der Waals surface area contributed by atoms with Gasteiger partial charge >= 0.3 is 6.09 Å². The fourth-order valence-electron chi connectivity index (χ4n) is 3.40. The molecule has 0 saturated heterocycles.